The molecule has 5 nitrogen and oxygen atoms in total. The lowest BCUT2D eigenvalue weighted by Crippen LogP contribution is -2.49. The predicted molar refractivity (Wildman–Crippen MR) is 84.9 cm³/mol. The Morgan fingerprint density at radius 1 is 1.28 bits per heavy atom. The Morgan fingerprint density at radius 2 is 1.88 bits per heavy atom. The van der Waals surface area contributed by atoms with Gasteiger partial charge in [-0.1, -0.05) is 6.07 Å². The average Bonchev–Trinajstić information content (AvgIpc) is 2.45. The maximum Gasteiger partial charge on any atom is 0.433 e. The van der Waals surface area contributed by atoms with Gasteiger partial charge in [-0.3, -0.25) is 0 Å². The van der Waals surface area contributed by atoms with E-state index in [1.54, 1.807) is 20.8 Å². The molecule has 25 heavy (non-hydrogen) atoms. The van der Waals surface area contributed by atoms with E-state index in [0.29, 0.717) is 0 Å². The molecule has 0 radical (unpaired) electrons. The topological polar surface area (TPSA) is 62.7 Å². The van der Waals surface area contributed by atoms with Crippen molar-refractivity contribution >= 4 is 6.09 Å². The van der Waals surface area contributed by atoms with Gasteiger partial charge in [-0.15, -0.1) is 0 Å². The molecular weight excluding hydrogens is 337 g/mol. The Labute approximate surface area is 144 Å². The summed E-state index contributed by atoms with van der Waals surface area (Å²) in [6.45, 7) is 5.87. The molecule has 1 aromatic rings. The molecule has 0 atom stereocenters. The van der Waals surface area contributed by atoms with Crippen LogP contribution in [0, 0.1) is 0 Å². The number of nitrogens with zero attached hydrogens (tertiary/aromatic N) is 2. The second-order valence-electron chi connectivity index (χ2n) is 7.38. The molecule has 2 rings (SSSR count). The number of pyridine rings is 1. The highest BCUT2D eigenvalue weighted by Crippen LogP contribution is 2.30. The van der Waals surface area contributed by atoms with Crippen molar-refractivity contribution in [2.45, 2.75) is 57.4 Å². The zero-order valence-corrected chi connectivity index (χ0v) is 14.6. The minimum Gasteiger partial charge on any atom is -0.444 e. The van der Waals surface area contributed by atoms with Crippen LogP contribution in [0.1, 0.15) is 45.0 Å². The zero-order valence-electron chi connectivity index (χ0n) is 14.6. The summed E-state index contributed by atoms with van der Waals surface area (Å²) in [5.41, 5.74) is -2.58. The largest absolute Gasteiger partial charge is 0.444 e. The average molecular weight is 360 g/mol. The van der Waals surface area contributed by atoms with Crippen LogP contribution in [0.4, 0.5) is 18.0 Å². The van der Waals surface area contributed by atoms with Gasteiger partial charge in [-0.05, 0) is 45.7 Å². The van der Waals surface area contributed by atoms with Gasteiger partial charge in [0.2, 0.25) is 0 Å². The fourth-order valence-corrected chi connectivity index (χ4v) is 2.68. The number of aromatic nitrogens is 1. The third-order valence-corrected chi connectivity index (χ3v) is 3.95. The second kappa shape index (κ2) is 6.82. The van der Waals surface area contributed by atoms with Crippen molar-refractivity contribution in [2.75, 3.05) is 13.1 Å². The molecule has 1 saturated heterocycles. The van der Waals surface area contributed by atoms with Crippen LogP contribution >= 0.6 is 0 Å². The van der Waals surface area contributed by atoms with Gasteiger partial charge in [0.15, 0.2) is 0 Å². The number of hydrogen-bond acceptors (Lipinski definition) is 4. The number of hydrogen-bond donors (Lipinski definition) is 1. The van der Waals surface area contributed by atoms with Crippen molar-refractivity contribution in [1.82, 2.24) is 9.88 Å². The number of piperidine rings is 1. The molecule has 1 N–H and O–H groups in total. The molecule has 1 aliphatic rings. The van der Waals surface area contributed by atoms with Crippen LogP contribution in [0.15, 0.2) is 18.2 Å². The van der Waals surface area contributed by atoms with E-state index in [9.17, 15) is 23.1 Å². The Balaban J connectivity index is 1.98. The lowest BCUT2D eigenvalue weighted by molar-refractivity contribution is -0.141. The van der Waals surface area contributed by atoms with E-state index in [1.807, 2.05) is 0 Å². The van der Waals surface area contributed by atoms with Gasteiger partial charge in [0, 0.05) is 25.2 Å². The number of rotatable bonds is 2. The van der Waals surface area contributed by atoms with E-state index in [0.717, 1.165) is 6.07 Å². The molecule has 0 unspecified atom stereocenters. The summed E-state index contributed by atoms with van der Waals surface area (Å²) in [4.78, 5) is 17.1. The van der Waals surface area contributed by atoms with E-state index in [4.69, 9.17) is 4.74 Å². The van der Waals surface area contributed by atoms with E-state index in [2.05, 4.69) is 4.98 Å². The van der Waals surface area contributed by atoms with E-state index < -0.39 is 29.2 Å². The van der Waals surface area contributed by atoms with Crippen LogP contribution in [-0.4, -0.2) is 45.4 Å². The molecule has 1 aliphatic heterocycles. The molecule has 1 aromatic heterocycles. The molecule has 0 aliphatic carbocycles. The van der Waals surface area contributed by atoms with Crippen LogP contribution < -0.4 is 0 Å². The van der Waals surface area contributed by atoms with Gasteiger partial charge in [-0.2, -0.15) is 13.2 Å². The number of carbonyl (C=O) groups excluding carboxylic acids is 1. The summed E-state index contributed by atoms with van der Waals surface area (Å²) in [6, 6.07) is 3.65. The molecular formula is C17H23F3N2O3. The van der Waals surface area contributed by atoms with Gasteiger partial charge in [0.05, 0.1) is 5.60 Å². The SMILES string of the molecule is CC(C)(C)OC(=O)N1CCC(O)(Cc2cccc(C(F)(F)F)n2)CC1. The Morgan fingerprint density at radius 3 is 2.40 bits per heavy atom. The van der Waals surface area contributed by atoms with E-state index in [-0.39, 0.29) is 38.0 Å². The second-order valence-corrected chi connectivity index (χ2v) is 7.38. The first kappa shape index (κ1) is 19.5. The van der Waals surface area contributed by atoms with Crippen molar-refractivity contribution in [3.63, 3.8) is 0 Å². The minimum atomic E-state index is -4.52. The summed E-state index contributed by atoms with van der Waals surface area (Å²) >= 11 is 0. The zero-order chi connectivity index (χ0) is 18.9. The Hall–Kier alpha value is -1.83. The third-order valence-electron chi connectivity index (χ3n) is 3.95. The van der Waals surface area contributed by atoms with E-state index >= 15 is 0 Å². The highest BCUT2D eigenvalue weighted by atomic mass is 19.4. The van der Waals surface area contributed by atoms with Crippen LogP contribution in [0.3, 0.4) is 0 Å². The number of carbonyl (C=O) groups is 1. The molecule has 1 fully saturated rings. The molecule has 0 spiro atoms. The van der Waals surface area contributed by atoms with Gasteiger partial charge in [-0.25, -0.2) is 9.78 Å². The Bertz CT molecular complexity index is 618. The van der Waals surface area contributed by atoms with Crippen LogP contribution in [0.5, 0.6) is 0 Å². The van der Waals surface area contributed by atoms with Crippen LogP contribution in [0.2, 0.25) is 0 Å². The van der Waals surface area contributed by atoms with Crippen molar-refractivity contribution < 1.29 is 27.8 Å². The molecule has 0 saturated carbocycles. The number of alkyl halides is 3. The highest BCUT2D eigenvalue weighted by Gasteiger charge is 2.37. The quantitative estimate of drug-likeness (QED) is 0.878. The number of aliphatic hydroxyl groups is 1. The van der Waals surface area contributed by atoms with Crippen LogP contribution in [0.25, 0.3) is 0 Å². The smallest absolute Gasteiger partial charge is 0.433 e. The highest BCUT2D eigenvalue weighted by molar-refractivity contribution is 5.68. The van der Waals surface area contributed by atoms with Crippen molar-refractivity contribution in [2.24, 2.45) is 0 Å². The maximum atomic E-state index is 12.7. The summed E-state index contributed by atoms with van der Waals surface area (Å²) in [6.07, 6.45) is -4.45. The molecule has 0 bridgehead atoms. The van der Waals surface area contributed by atoms with E-state index in [1.165, 1.54) is 17.0 Å². The molecule has 0 aromatic carbocycles. The van der Waals surface area contributed by atoms with Gasteiger partial charge in [0.1, 0.15) is 11.3 Å². The Kier molecular flexibility index (Phi) is 5.32. The summed E-state index contributed by atoms with van der Waals surface area (Å²) in [5.74, 6) is 0. The van der Waals surface area contributed by atoms with Gasteiger partial charge in [0.25, 0.3) is 0 Å². The fraction of sp³-hybridized carbons (Fsp3) is 0.647. The summed E-state index contributed by atoms with van der Waals surface area (Å²) in [7, 11) is 0. The summed E-state index contributed by atoms with van der Waals surface area (Å²) in [5, 5.41) is 10.7. The van der Waals surface area contributed by atoms with Crippen molar-refractivity contribution in [3.05, 3.63) is 29.6 Å². The van der Waals surface area contributed by atoms with Gasteiger partial charge < -0.3 is 14.7 Å². The normalized spacial score (nSPS) is 18.1. The molecule has 8 heteroatoms. The molecule has 2 heterocycles. The first-order valence-corrected chi connectivity index (χ1v) is 8.11. The predicted octanol–water partition coefficient (Wildman–Crippen LogP) is 3.40. The minimum absolute atomic E-state index is 0.0130. The molecule has 1 amide bonds. The lowest BCUT2D eigenvalue weighted by Gasteiger charge is -2.38. The first-order valence-electron chi connectivity index (χ1n) is 8.11. The summed E-state index contributed by atoms with van der Waals surface area (Å²) < 4.78 is 43.5. The monoisotopic (exact) mass is 360 g/mol. The number of ether oxygens (including phenoxy) is 1. The lowest BCUT2D eigenvalue weighted by atomic mass is 9.87. The number of halogens is 3. The first-order chi connectivity index (χ1) is 11.4. The molecule has 140 valence electrons. The third kappa shape index (κ3) is 5.59. The van der Waals surface area contributed by atoms with Crippen molar-refractivity contribution in [1.29, 1.82) is 0 Å². The van der Waals surface area contributed by atoms with Crippen LogP contribution in [-0.2, 0) is 17.3 Å². The number of amides is 1. The standard InChI is InChI=1S/C17H23F3N2O3/c1-15(2,3)25-14(23)22-9-7-16(24,8-10-22)11-12-5-4-6-13(21-12)17(18,19)20/h4-6,24H,7-11H2,1-3H3. The fourth-order valence-electron chi connectivity index (χ4n) is 2.68. The maximum absolute atomic E-state index is 12.7. The number of likely N-dealkylation sites (tertiary alicyclic amines) is 1. The van der Waals surface area contributed by atoms with Gasteiger partial charge >= 0.3 is 12.3 Å². The van der Waals surface area contributed by atoms with Crippen molar-refractivity contribution in [3.8, 4) is 0 Å².